The molecule has 1 heterocycles. The molecule has 4 rings (SSSR count). The molecule has 0 fully saturated rings. The number of anilines is 1. The molecule has 0 saturated carbocycles. The van der Waals surface area contributed by atoms with Crippen LogP contribution in [-0.4, -0.2) is 29.5 Å². The fourth-order valence-electron chi connectivity index (χ4n) is 3.26. The van der Waals surface area contributed by atoms with Gasteiger partial charge in [-0.25, -0.2) is 4.79 Å². The van der Waals surface area contributed by atoms with Crippen molar-refractivity contribution in [2.45, 2.75) is 13.0 Å². The first-order valence-corrected chi connectivity index (χ1v) is 10.4. The minimum absolute atomic E-state index is 0.212. The van der Waals surface area contributed by atoms with Crippen molar-refractivity contribution in [3.8, 4) is 0 Å². The number of ketones is 2. The summed E-state index contributed by atoms with van der Waals surface area (Å²) in [6.07, 6.45) is 1.47. The van der Waals surface area contributed by atoms with Gasteiger partial charge in [0.2, 0.25) is 0 Å². The topological polar surface area (TPSA) is 103 Å². The van der Waals surface area contributed by atoms with Crippen LogP contribution in [0, 0.1) is 0 Å². The van der Waals surface area contributed by atoms with Crippen LogP contribution in [0.4, 0.5) is 5.69 Å². The van der Waals surface area contributed by atoms with E-state index < -0.39 is 18.0 Å². The third kappa shape index (κ3) is 4.31. The highest BCUT2D eigenvalue weighted by molar-refractivity contribution is 9.10. The SMILES string of the molecule is CC(OC(=O)/C=C/c1ccc(Br)o1)C(=O)Nc1ccc2c(c1)C(=O)c1ccccc1C2=O. The summed E-state index contributed by atoms with van der Waals surface area (Å²) in [4.78, 5) is 49.9. The fraction of sp³-hybridized carbons (Fsp3) is 0.0833. The second kappa shape index (κ2) is 8.76. The number of hydrogen-bond donors (Lipinski definition) is 1. The quantitative estimate of drug-likeness (QED) is 0.326. The van der Waals surface area contributed by atoms with Crippen LogP contribution in [0.2, 0.25) is 0 Å². The zero-order valence-electron chi connectivity index (χ0n) is 16.8. The lowest BCUT2D eigenvalue weighted by Gasteiger charge is -2.18. The molecular formula is C24H16BrNO6. The highest BCUT2D eigenvalue weighted by Crippen LogP contribution is 2.29. The van der Waals surface area contributed by atoms with E-state index in [1.807, 2.05) is 0 Å². The summed E-state index contributed by atoms with van der Waals surface area (Å²) in [5, 5.41) is 2.61. The van der Waals surface area contributed by atoms with Crippen LogP contribution in [0.3, 0.4) is 0 Å². The molecule has 0 radical (unpaired) electrons. The number of rotatable bonds is 5. The minimum Gasteiger partial charge on any atom is -0.450 e. The lowest BCUT2D eigenvalue weighted by molar-refractivity contribution is -0.148. The normalized spacial score (nSPS) is 13.4. The monoisotopic (exact) mass is 493 g/mol. The summed E-state index contributed by atoms with van der Waals surface area (Å²) < 4.78 is 10.9. The molecule has 7 nitrogen and oxygen atoms in total. The molecule has 1 unspecified atom stereocenters. The van der Waals surface area contributed by atoms with Crippen LogP contribution in [0.1, 0.15) is 44.5 Å². The first kappa shape index (κ1) is 21.5. The fourth-order valence-corrected chi connectivity index (χ4v) is 3.58. The number of carbonyl (C=O) groups is 4. The molecule has 1 N–H and O–H groups in total. The van der Waals surface area contributed by atoms with Gasteiger partial charge in [-0.2, -0.15) is 0 Å². The Kier molecular flexibility index (Phi) is 5.87. The van der Waals surface area contributed by atoms with Crippen molar-refractivity contribution in [1.82, 2.24) is 0 Å². The van der Waals surface area contributed by atoms with Crippen LogP contribution in [0.15, 0.2) is 69.8 Å². The number of esters is 1. The Morgan fingerprint density at radius 2 is 1.62 bits per heavy atom. The molecule has 0 spiro atoms. The van der Waals surface area contributed by atoms with Gasteiger partial charge in [-0.3, -0.25) is 14.4 Å². The summed E-state index contributed by atoms with van der Waals surface area (Å²) in [6, 6.07) is 14.4. The van der Waals surface area contributed by atoms with E-state index in [0.717, 1.165) is 6.08 Å². The van der Waals surface area contributed by atoms with Gasteiger partial charge in [0.25, 0.3) is 5.91 Å². The van der Waals surface area contributed by atoms with Gasteiger partial charge in [0.1, 0.15) is 5.76 Å². The summed E-state index contributed by atoms with van der Waals surface area (Å²) in [7, 11) is 0. The third-order valence-electron chi connectivity index (χ3n) is 4.83. The molecule has 1 aliphatic rings. The molecule has 2 aromatic carbocycles. The first-order chi connectivity index (χ1) is 15.3. The maximum Gasteiger partial charge on any atom is 0.331 e. The average molecular weight is 494 g/mol. The van der Waals surface area contributed by atoms with Gasteiger partial charge in [0.05, 0.1) is 0 Å². The Bertz CT molecular complexity index is 1290. The van der Waals surface area contributed by atoms with Crippen LogP contribution in [-0.2, 0) is 14.3 Å². The third-order valence-corrected chi connectivity index (χ3v) is 5.26. The number of carbonyl (C=O) groups excluding carboxylic acids is 4. The molecule has 1 aromatic heterocycles. The van der Waals surface area contributed by atoms with E-state index in [-0.39, 0.29) is 22.7 Å². The predicted octanol–water partition coefficient (Wildman–Crippen LogP) is 4.40. The Morgan fingerprint density at radius 1 is 0.969 bits per heavy atom. The van der Waals surface area contributed by atoms with Crippen molar-refractivity contribution in [3.63, 3.8) is 0 Å². The van der Waals surface area contributed by atoms with Crippen molar-refractivity contribution in [2.75, 3.05) is 5.32 Å². The van der Waals surface area contributed by atoms with Crippen molar-refractivity contribution < 1.29 is 28.3 Å². The van der Waals surface area contributed by atoms with E-state index in [0.29, 0.717) is 27.2 Å². The number of fused-ring (bicyclic) bond motifs is 2. The summed E-state index contributed by atoms with van der Waals surface area (Å²) in [5.74, 6) is -1.39. The van der Waals surface area contributed by atoms with Gasteiger partial charge < -0.3 is 14.5 Å². The largest absolute Gasteiger partial charge is 0.450 e. The van der Waals surface area contributed by atoms with Gasteiger partial charge >= 0.3 is 5.97 Å². The minimum atomic E-state index is -1.09. The molecule has 8 heteroatoms. The zero-order chi connectivity index (χ0) is 22.8. The van der Waals surface area contributed by atoms with Crippen molar-refractivity contribution in [1.29, 1.82) is 0 Å². The molecule has 0 bridgehead atoms. The number of amides is 1. The van der Waals surface area contributed by atoms with Crippen molar-refractivity contribution in [3.05, 3.63) is 93.4 Å². The molecule has 0 aliphatic heterocycles. The molecular weight excluding hydrogens is 478 g/mol. The van der Waals surface area contributed by atoms with E-state index in [2.05, 4.69) is 21.2 Å². The Morgan fingerprint density at radius 3 is 2.28 bits per heavy atom. The first-order valence-electron chi connectivity index (χ1n) is 9.61. The number of furan rings is 1. The number of benzene rings is 2. The van der Waals surface area contributed by atoms with Crippen LogP contribution in [0.25, 0.3) is 6.08 Å². The average Bonchev–Trinajstić information content (AvgIpc) is 3.21. The highest BCUT2D eigenvalue weighted by Gasteiger charge is 2.29. The van der Waals surface area contributed by atoms with Gasteiger partial charge in [0.15, 0.2) is 22.3 Å². The molecule has 32 heavy (non-hydrogen) atoms. The van der Waals surface area contributed by atoms with Crippen LogP contribution in [0.5, 0.6) is 0 Å². The molecule has 1 atom stereocenters. The standard InChI is InChI=1S/C24H16BrNO6/c1-13(31-21(27)11-8-15-7-10-20(25)32-15)24(30)26-14-6-9-18-19(12-14)23(29)17-5-3-2-4-16(17)22(18)28/h2-13H,1H3,(H,26,30)/b11-8+. The molecule has 160 valence electrons. The van der Waals surface area contributed by atoms with Crippen molar-refractivity contribution in [2.24, 2.45) is 0 Å². The van der Waals surface area contributed by atoms with E-state index in [1.165, 1.54) is 31.2 Å². The summed E-state index contributed by atoms with van der Waals surface area (Å²) >= 11 is 3.16. The predicted molar refractivity (Wildman–Crippen MR) is 119 cm³/mol. The van der Waals surface area contributed by atoms with Gasteiger partial charge in [-0.15, -0.1) is 0 Å². The Hall–Kier alpha value is -3.78. The number of halogens is 1. The number of ether oxygens (including phenoxy) is 1. The second-order valence-electron chi connectivity index (χ2n) is 7.01. The van der Waals surface area contributed by atoms with Gasteiger partial charge in [0, 0.05) is 34.0 Å². The number of nitrogens with one attached hydrogen (secondary N) is 1. The van der Waals surface area contributed by atoms with E-state index in [4.69, 9.17) is 9.15 Å². The van der Waals surface area contributed by atoms with Gasteiger partial charge in [-0.05, 0) is 59.3 Å². The number of hydrogen-bond acceptors (Lipinski definition) is 6. The van der Waals surface area contributed by atoms with Crippen LogP contribution >= 0.6 is 15.9 Å². The van der Waals surface area contributed by atoms with E-state index in [9.17, 15) is 19.2 Å². The lowest BCUT2D eigenvalue weighted by atomic mass is 9.84. The zero-order valence-corrected chi connectivity index (χ0v) is 18.3. The van der Waals surface area contributed by atoms with E-state index >= 15 is 0 Å². The maximum absolute atomic E-state index is 12.8. The summed E-state index contributed by atoms with van der Waals surface area (Å²) in [5.41, 5.74) is 1.49. The van der Waals surface area contributed by atoms with Gasteiger partial charge in [-0.1, -0.05) is 24.3 Å². The van der Waals surface area contributed by atoms with E-state index in [1.54, 1.807) is 36.4 Å². The second-order valence-corrected chi connectivity index (χ2v) is 7.79. The molecule has 0 saturated heterocycles. The van der Waals surface area contributed by atoms with Crippen molar-refractivity contribution >= 4 is 51.1 Å². The molecule has 1 aliphatic carbocycles. The lowest BCUT2D eigenvalue weighted by Crippen LogP contribution is -2.29. The highest BCUT2D eigenvalue weighted by atomic mass is 79.9. The smallest absolute Gasteiger partial charge is 0.331 e. The Balaban J connectivity index is 1.43. The maximum atomic E-state index is 12.8. The Labute approximate surface area is 191 Å². The summed E-state index contributed by atoms with van der Waals surface area (Å²) in [6.45, 7) is 1.42. The molecule has 3 aromatic rings. The molecule has 1 amide bonds. The van der Waals surface area contributed by atoms with Crippen LogP contribution < -0.4 is 5.32 Å².